The minimum Gasteiger partial charge on any atom is -0.347 e. The highest BCUT2D eigenvalue weighted by molar-refractivity contribution is 6.31. The maximum absolute atomic E-state index is 12.8. The number of aryl methyl sites for hydroxylation is 3. The van der Waals surface area contributed by atoms with E-state index in [1.807, 2.05) is 43.5 Å². The lowest BCUT2D eigenvalue weighted by Gasteiger charge is -2.12. The molecule has 0 radical (unpaired) electrons. The van der Waals surface area contributed by atoms with Gasteiger partial charge in [-0.3, -0.25) is 9.59 Å². The molecule has 5 heteroatoms. The van der Waals surface area contributed by atoms with Gasteiger partial charge in [-0.15, -0.1) is 0 Å². The molecule has 0 saturated carbocycles. The number of pyridine rings is 1. The fourth-order valence-corrected chi connectivity index (χ4v) is 2.98. The van der Waals surface area contributed by atoms with Crippen molar-refractivity contribution >= 4 is 34.1 Å². The third-order valence-electron chi connectivity index (χ3n) is 4.39. The van der Waals surface area contributed by atoms with E-state index < -0.39 is 5.91 Å². The lowest BCUT2D eigenvalue weighted by Crippen LogP contribution is -2.24. The number of anilines is 1. The van der Waals surface area contributed by atoms with Crippen LogP contribution >= 0.6 is 11.6 Å². The summed E-state index contributed by atoms with van der Waals surface area (Å²) < 4.78 is 1.88. The Hall–Kier alpha value is -2.59. The highest BCUT2D eigenvalue weighted by Crippen LogP contribution is 2.19. The molecule has 0 spiro atoms. The summed E-state index contributed by atoms with van der Waals surface area (Å²) >= 11 is 6.03. The number of fused-ring (bicyclic) bond motifs is 1. The molecule has 0 unspecified atom stereocenters. The summed E-state index contributed by atoms with van der Waals surface area (Å²) in [6.45, 7) is 6.59. The lowest BCUT2D eigenvalue weighted by molar-refractivity contribution is 0.102. The molecule has 25 heavy (non-hydrogen) atoms. The number of hydrogen-bond donors (Lipinski definition) is 1. The standard InChI is InChI=1S/C20H19ClN2O2/c1-4-23-11-17(19(24)16-10-14(21)6-8-18(16)23)20(25)22-15-7-5-12(2)13(3)9-15/h5-11H,4H2,1-3H3,(H,22,25). The summed E-state index contributed by atoms with van der Waals surface area (Å²) in [7, 11) is 0. The fourth-order valence-electron chi connectivity index (χ4n) is 2.81. The van der Waals surface area contributed by atoms with Crippen molar-refractivity contribution in [2.75, 3.05) is 5.32 Å². The van der Waals surface area contributed by atoms with Crippen molar-refractivity contribution in [1.82, 2.24) is 4.57 Å². The van der Waals surface area contributed by atoms with Crippen molar-refractivity contribution in [2.24, 2.45) is 0 Å². The topological polar surface area (TPSA) is 51.1 Å². The Morgan fingerprint density at radius 2 is 1.88 bits per heavy atom. The Kier molecular flexibility index (Phi) is 4.64. The molecule has 2 aromatic carbocycles. The number of amides is 1. The minimum atomic E-state index is -0.419. The van der Waals surface area contributed by atoms with Crippen molar-refractivity contribution in [1.29, 1.82) is 0 Å². The van der Waals surface area contributed by atoms with Crippen LogP contribution < -0.4 is 10.7 Å². The summed E-state index contributed by atoms with van der Waals surface area (Å²) in [5, 5.41) is 3.73. The summed E-state index contributed by atoms with van der Waals surface area (Å²) in [6, 6.07) is 10.8. The van der Waals surface area contributed by atoms with Gasteiger partial charge < -0.3 is 9.88 Å². The number of rotatable bonds is 3. The quantitative estimate of drug-likeness (QED) is 0.750. The lowest BCUT2D eigenvalue weighted by atomic mass is 10.1. The van der Waals surface area contributed by atoms with Gasteiger partial charge in [0.2, 0.25) is 5.43 Å². The average Bonchev–Trinajstić information content (AvgIpc) is 2.59. The summed E-state index contributed by atoms with van der Waals surface area (Å²) in [6.07, 6.45) is 1.61. The van der Waals surface area contributed by atoms with Gasteiger partial charge in [0.1, 0.15) is 5.56 Å². The molecule has 0 fully saturated rings. The molecule has 1 heterocycles. The first-order valence-corrected chi connectivity index (χ1v) is 8.50. The minimum absolute atomic E-state index is 0.106. The van der Waals surface area contributed by atoms with Gasteiger partial charge in [0.05, 0.1) is 5.52 Å². The van der Waals surface area contributed by atoms with Crippen LogP contribution in [0.15, 0.2) is 47.4 Å². The molecule has 1 amide bonds. The number of halogens is 1. The van der Waals surface area contributed by atoms with E-state index in [1.54, 1.807) is 24.4 Å². The molecule has 1 aromatic heterocycles. The molecule has 4 nitrogen and oxygen atoms in total. The molecule has 0 aliphatic rings. The zero-order valence-electron chi connectivity index (χ0n) is 14.4. The second-order valence-electron chi connectivity index (χ2n) is 6.07. The second kappa shape index (κ2) is 6.73. The predicted octanol–water partition coefficient (Wildman–Crippen LogP) is 4.54. The number of carbonyl (C=O) groups is 1. The van der Waals surface area contributed by atoms with Crippen LogP contribution in [-0.2, 0) is 6.54 Å². The maximum Gasteiger partial charge on any atom is 0.261 e. The van der Waals surface area contributed by atoms with Crippen molar-refractivity contribution in [3.05, 3.63) is 74.5 Å². The summed E-state index contributed by atoms with van der Waals surface area (Å²) in [4.78, 5) is 25.4. The van der Waals surface area contributed by atoms with Gasteiger partial charge in [-0.2, -0.15) is 0 Å². The molecule has 0 aliphatic carbocycles. The van der Waals surface area contributed by atoms with Crippen molar-refractivity contribution in [3.8, 4) is 0 Å². The first-order chi connectivity index (χ1) is 11.9. The van der Waals surface area contributed by atoms with Gasteiger partial charge >= 0.3 is 0 Å². The van der Waals surface area contributed by atoms with Crippen molar-refractivity contribution in [3.63, 3.8) is 0 Å². The van der Waals surface area contributed by atoms with E-state index in [-0.39, 0.29) is 11.0 Å². The van der Waals surface area contributed by atoms with Gasteiger partial charge in [0, 0.05) is 28.8 Å². The third kappa shape index (κ3) is 3.30. The SMILES string of the molecule is CCn1cc(C(=O)Nc2ccc(C)c(C)c2)c(=O)c2cc(Cl)ccc21. The average molecular weight is 355 g/mol. The van der Waals surface area contributed by atoms with E-state index in [1.165, 1.54) is 0 Å². The van der Waals surface area contributed by atoms with Crippen LogP contribution in [0.25, 0.3) is 10.9 Å². The molecule has 0 saturated heterocycles. The Morgan fingerprint density at radius 3 is 2.56 bits per heavy atom. The van der Waals surface area contributed by atoms with Crippen molar-refractivity contribution < 1.29 is 4.79 Å². The Balaban J connectivity index is 2.08. The molecule has 0 atom stereocenters. The van der Waals surface area contributed by atoms with Crippen LogP contribution in [0.4, 0.5) is 5.69 Å². The first-order valence-electron chi connectivity index (χ1n) is 8.12. The zero-order valence-corrected chi connectivity index (χ0v) is 15.1. The molecule has 0 aliphatic heterocycles. The van der Waals surface area contributed by atoms with Crippen LogP contribution in [0.2, 0.25) is 5.02 Å². The van der Waals surface area contributed by atoms with E-state index in [0.29, 0.717) is 22.6 Å². The number of aromatic nitrogens is 1. The zero-order chi connectivity index (χ0) is 18.1. The Morgan fingerprint density at radius 1 is 1.12 bits per heavy atom. The van der Waals surface area contributed by atoms with E-state index in [4.69, 9.17) is 11.6 Å². The number of benzene rings is 2. The van der Waals surface area contributed by atoms with Crippen LogP contribution in [-0.4, -0.2) is 10.5 Å². The van der Waals surface area contributed by atoms with E-state index in [9.17, 15) is 9.59 Å². The molecule has 1 N–H and O–H groups in total. The number of nitrogens with one attached hydrogen (secondary N) is 1. The smallest absolute Gasteiger partial charge is 0.261 e. The van der Waals surface area contributed by atoms with E-state index in [2.05, 4.69) is 5.32 Å². The third-order valence-corrected chi connectivity index (χ3v) is 4.63. The predicted molar refractivity (Wildman–Crippen MR) is 103 cm³/mol. The van der Waals surface area contributed by atoms with Gasteiger partial charge in [-0.25, -0.2) is 0 Å². The fraction of sp³-hybridized carbons (Fsp3) is 0.200. The number of hydrogen-bond acceptors (Lipinski definition) is 2. The van der Waals surface area contributed by atoms with E-state index >= 15 is 0 Å². The van der Waals surface area contributed by atoms with Crippen LogP contribution in [0.3, 0.4) is 0 Å². The summed E-state index contributed by atoms with van der Waals surface area (Å²) in [5.41, 5.74) is 3.44. The Bertz CT molecular complexity index is 1040. The molecule has 3 aromatic rings. The molecular weight excluding hydrogens is 336 g/mol. The normalized spacial score (nSPS) is 10.9. The second-order valence-corrected chi connectivity index (χ2v) is 6.51. The molecular formula is C20H19ClN2O2. The van der Waals surface area contributed by atoms with Gasteiger partial charge in [-0.05, 0) is 62.2 Å². The monoisotopic (exact) mass is 354 g/mol. The number of nitrogens with zero attached hydrogens (tertiary/aromatic N) is 1. The highest BCUT2D eigenvalue weighted by Gasteiger charge is 2.16. The van der Waals surface area contributed by atoms with Crippen LogP contribution in [0.1, 0.15) is 28.4 Å². The van der Waals surface area contributed by atoms with Gasteiger partial charge in [-0.1, -0.05) is 17.7 Å². The van der Waals surface area contributed by atoms with Crippen LogP contribution in [0, 0.1) is 13.8 Å². The maximum atomic E-state index is 12.8. The van der Waals surface area contributed by atoms with Crippen molar-refractivity contribution in [2.45, 2.75) is 27.3 Å². The highest BCUT2D eigenvalue weighted by atomic mass is 35.5. The molecule has 128 valence electrons. The first kappa shape index (κ1) is 17.2. The Labute approximate surface area is 151 Å². The van der Waals surface area contributed by atoms with Crippen LogP contribution in [0.5, 0.6) is 0 Å². The largest absolute Gasteiger partial charge is 0.347 e. The van der Waals surface area contributed by atoms with Gasteiger partial charge in [0.25, 0.3) is 5.91 Å². The number of carbonyl (C=O) groups excluding carboxylic acids is 1. The molecule has 3 rings (SSSR count). The van der Waals surface area contributed by atoms with E-state index in [0.717, 1.165) is 16.6 Å². The van der Waals surface area contributed by atoms with Gasteiger partial charge in [0.15, 0.2) is 0 Å². The molecule has 0 bridgehead atoms. The summed E-state index contributed by atoms with van der Waals surface area (Å²) in [5.74, 6) is -0.419.